The third-order valence-electron chi connectivity index (χ3n) is 2.50. The Labute approximate surface area is 96.3 Å². The van der Waals surface area contributed by atoms with Gasteiger partial charge >= 0.3 is 5.97 Å². The van der Waals surface area contributed by atoms with Gasteiger partial charge in [-0.15, -0.1) is 0 Å². The quantitative estimate of drug-likeness (QED) is 0.755. The standard InChI is InChI=1S/C10H12N2O3S/c13-10(14)8-1-2-9(11-7-8)12-3-5-16(15)6-4-12/h1-2,7H,3-6H2,(H,13,14). The van der Waals surface area contributed by atoms with Crippen LogP contribution in [0, 0.1) is 0 Å². The SMILES string of the molecule is O=C(O)c1ccc(N2CC[S+]([O-])CC2)nc1. The first-order valence-corrected chi connectivity index (χ1v) is 6.45. The third kappa shape index (κ3) is 2.45. The van der Waals surface area contributed by atoms with Crippen molar-refractivity contribution in [3.05, 3.63) is 23.9 Å². The lowest BCUT2D eigenvalue weighted by atomic mass is 10.3. The van der Waals surface area contributed by atoms with E-state index in [1.54, 1.807) is 6.07 Å². The Morgan fingerprint density at radius 1 is 1.44 bits per heavy atom. The Bertz CT molecular complexity index is 374. The van der Waals surface area contributed by atoms with E-state index in [2.05, 4.69) is 4.98 Å². The molecule has 16 heavy (non-hydrogen) atoms. The van der Waals surface area contributed by atoms with Crippen LogP contribution in [0.5, 0.6) is 0 Å². The first-order chi connectivity index (χ1) is 7.66. The number of aromatic nitrogens is 1. The number of rotatable bonds is 2. The molecule has 0 aromatic carbocycles. The predicted octanol–water partition coefficient (Wildman–Crippen LogP) is 0.348. The van der Waals surface area contributed by atoms with E-state index in [0.717, 1.165) is 5.82 Å². The highest BCUT2D eigenvalue weighted by Gasteiger charge is 2.20. The van der Waals surface area contributed by atoms with Crippen LogP contribution in [0.3, 0.4) is 0 Å². The molecule has 1 aromatic rings. The van der Waals surface area contributed by atoms with Crippen LogP contribution >= 0.6 is 0 Å². The van der Waals surface area contributed by atoms with Crippen LogP contribution in [0.15, 0.2) is 18.3 Å². The van der Waals surface area contributed by atoms with Crippen LogP contribution in [-0.2, 0) is 11.2 Å². The highest BCUT2D eigenvalue weighted by Crippen LogP contribution is 2.14. The molecule has 0 bridgehead atoms. The first-order valence-electron chi connectivity index (χ1n) is 4.96. The number of anilines is 1. The fourth-order valence-electron chi connectivity index (χ4n) is 1.57. The molecule has 1 saturated heterocycles. The molecule has 0 unspecified atom stereocenters. The largest absolute Gasteiger partial charge is 0.616 e. The van der Waals surface area contributed by atoms with Crippen molar-refractivity contribution in [2.45, 2.75) is 0 Å². The summed E-state index contributed by atoms with van der Waals surface area (Å²) in [5.41, 5.74) is 0.185. The Morgan fingerprint density at radius 3 is 2.62 bits per heavy atom. The number of carboxylic acids is 1. The third-order valence-corrected chi connectivity index (χ3v) is 3.77. The molecule has 1 fully saturated rings. The van der Waals surface area contributed by atoms with Crippen molar-refractivity contribution in [1.29, 1.82) is 0 Å². The van der Waals surface area contributed by atoms with Crippen LogP contribution in [0.2, 0.25) is 0 Å². The van der Waals surface area contributed by atoms with Gasteiger partial charge in [0.2, 0.25) is 0 Å². The Balaban J connectivity index is 2.07. The van der Waals surface area contributed by atoms with Crippen LogP contribution in [0.1, 0.15) is 10.4 Å². The van der Waals surface area contributed by atoms with Gasteiger partial charge in [0.15, 0.2) is 0 Å². The van der Waals surface area contributed by atoms with Crippen molar-refractivity contribution >= 4 is 23.0 Å². The van der Waals surface area contributed by atoms with Gasteiger partial charge in [0, 0.05) is 6.20 Å². The molecule has 0 spiro atoms. The summed E-state index contributed by atoms with van der Waals surface area (Å²) < 4.78 is 11.2. The number of aromatic carboxylic acids is 1. The maximum absolute atomic E-state index is 11.2. The molecule has 0 atom stereocenters. The number of pyridine rings is 1. The Hall–Kier alpha value is -1.27. The van der Waals surface area contributed by atoms with E-state index in [4.69, 9.17) is 5.11 Å². The second kappa shape index (κ2) is 4.71. The van der Waals surface area contributed by atoms with Gasteiger partial charge in [0.1, 0.15) is 17.3 Å². The summed E-state index contributed by atoms with van der Waals surface area (Å²) in [5.74, 6) is 1.09. The zero-order valence-electron chi connectivity index (χ0n) is 8.63. The molecule has 0 radical (unpaired) electrons. The monoisotopic (exact) mass is 240 g/mol. The molecule has 6 heteroatoms. The summed E-state index contributed by atoms with van der Waals surface area (Å²) in [4.78, 5) is 16.8. The molecule has 2 rings (SSSR count). The van der Waals surface area contributed by atoms with E-state index in [9.17, 15) is 9.35 Å². The summed E-state index contributed by atoms with van der Waals surface area (Å²) in [6.45, 7) is 1.43. The predicted molar refractivity (Wildman–Crippen MR) is 61.3 cm³/mol. The minimum atomic E-state index is -0.973. The van der Waals surface area contributed by atoms with Crippen molar-refractivity contribution in [2.75, 3.05) is 29.5 Å². The summed E-state index contributed by atoms with van der Waals surface area (Å²) in [5, 5.41) is 8.73. The van der Waals surface area contributed by atoms with Gasteiger partial charge < -0.3 is 14.6 Å². The van der Waals surface area contributed by atoms with E-state index in [1.807, 2.05) is 4.90 Å². The van der Waals surface area contributed by atoms with E-state index >= 15 is 0 Å². The Kier molecular flexibility index (Phi) is 3.31. The molecular weight excluding hydrogens is 228 g/mol. The molecule has 1 aliphatic heterocycles. The lowest BCUT2D eigenvalue weighted by Crippen LogP contribution is -2.40. The fraction of sp³-hybridized carbons (Fsp3) is 0.400. The van der Waals surface area contributed by atoms with E-state index in [-0.39, 0.29) is 5.56 Å². The van der Waals surface area contributed by atoms with Crippen molar-refractivity contribution in [2.24, 2.45) is 0 Å². The van der Waals surface area contributed by atoms with Gasteiger partial charge in [-0.05, 0) is 12.1 Å². The zero-order chi connectivity index (χ0) is 11.5. The van der Waals surface area contributed by atoms with Crippen molar-refractivity contribution in [1.82, 2.24) is 4.98 Å². The highest BCUT2D eigenvalue weighted by atomic mass is 32.2. The summed E-state index contributed by atoms with van der Waals surface area (Å²) in [6.07, 6.45) is 1.35. The van der Waals surface area contributed by atoms with Gasteiger partial charge in [0.25, 0.3) is 0 Å². The van der Waals surface area contributed by atoms with E-state index in [1.165, 1.54) is 12.3 Å². The molecule has 5 nitrogen and oxygen atoms in total. The molecule has 0 amide bonds. The number of carboxylic acid groups (broad SMARTS) is 1. The Morgan fingerprint density at radius 2 is 2.12 bits per heavy atom. The van der Waals surface area contributed by atoms with Gasteiger partial charge in [-0.1, -0.05) is 11.2 Å². The molecule has 1 aliphatic rings. The van der Waals surface area contributed by atoms with Crippen LogP contribution in [0.4, 0.5) is 5.82 Å². The van der Waals surface area contributed by atoms with E-state index < -0.39 is 17.1 Å². The lowest BCUT2D eigenvalue weighted by Gasteiger charge is -2.28. The minimum Gasteiger partial charge on any atom is -0.616 e. The highest BCUT2D eigenvalue weighted by molar-refractivity contribution is 7.91. The van der Waals surface area contributed by atoms with E-state index in [0.29, 0.717) is 24.6 Å². The number of nitrogens with zero attached hydrogens (tertiary/aromatic N) is 2. The van der Waals surface area contributed by atoms with Crippen molar-refractivity contribution in [3.8, 4) is 0 Å². The molecular formula is C10H12N2O3S. The topological polar surface area (TPSA) is 76.5 Å². The molecule has 0 aliphatic carbocycles. The number of hydrogen-bond acceptors (Lipinski definition) is 4. The summed E-state index contributed by atoms with van der Waals surface area (Å²) in [6, 6.07) is 3.23. The van der Waals surface area contributed by atoms with Crippen LogP contribution in [-0.4, -0.2) is 45.2 Å². The van der Waals surface area contributed by atoms with Gasteiger partial charge in [0.05, 0.1) is 18.7 Å². The zero-order valence-corrected chi connectivity index (χ0v) is 9.44. The average Bonchev–Trinajstić information content (AvgIpc) is 2.30. The smallest absolute Gasteiger partial charge is 0.337 e. The summed E-state index contributed by atoms with van der Waals surface area (Å²) >= 11 is -0.710. The van der Waals surface area contributed by atoms with Crippen molar-refractivity contribution in [3.63, 3.8) is 0 Å². The molecule has 86 valence electrons. The number of carbonyl (C=O) groups is 1. The maximum atomic E-state index is 11.2. The van der Waals surface area contributed by atoms with Crippen molar-refractivity contribution < 1.29 is 14.5 Å². The second-order valence-electron chi connectivity index (χ2n) is 3.55. The van der Waals surface area contributed by atoms with Gasteiger partial charge in [-0.3, -0.25) is 0 Å². The lowest BCUT2D eigenvalue weighted by molar-refractivity contribution is 0.0696. The summed E-state index contributed by atoms with van der Waals surface area (Å²) in [7, 11) is 0. The van der Waals surface area contributed by atoms with Crippen LogP contribution < -0.4 is 4.90 Å². The minimum absolute atomic E-state index is 0.185. The van der Waals surface area contributed by atoms with Gasteiger partial charge in [-0.2, -0.15) is 0 Å². The molecule has 2 heterocycles. The fourth-order valence-corrected chi connectivity index (χ4v) is 2.62. The first kappa shape index (κ1) is 11.2. The number of hydrogen-bond donors (Lipinski definition) is 1. The van der Waals surface area contributed by atoms with Crippen LogP contribution in [0.25, 0.3) is 0 Å². The maximum Gasteiger partial charge on any atom is 0.337 e. The van der Waals surface area contributed by atoms with Gasteiger partial charge in [-0.25, -0.2) is 9.78 Å². The molecule has 1 aromatic heterocycles. The normalized spacial score (nSPS) is 17.4. The average molecular weight is 240 g/mol. The molecule has 0 saturated carbocycles. The molecule has 1 N–H and O–H groups in total. The second-order valence-corrected chi connectivity index (χ2v) is 5.24.